The molecule has 0 atom stereocenters. The van der Waals surface area contributed by atoms with Crippen molar-refractivity contribution in [1.29, 1.82) is 0 Å². The highest BCUT2D eigenvalue weighted by molar-refractivity contribution is 5.94. The molecule has 1 saturated carbocycles. The fraction of sp³-hybridized carbons (Fsp3) is 0.450. The SMILES string of the molecule is COc1cncc(OC2CCC(NC(=O)c3ccc(N(C)C)cc3)CC2)n1. The third kappa shape index (κ3) is 5.09. The minimum atomic E-state index is -0.0247. The summed E-state index contributed by atoms with van der Waals surface area (Å²) in [5.41, 5.74) is 1.76. The Morgan fingerprint density at radius 1 is 1.07 bits per heavy atom. The lowest BCUT2D eigenvalue weighted by Crippen LogP contribution is -2.39. The molecule has 0 bridgehead atoms. The molecule has 7 nitrogen and oxygen atoms in total. The largest absolute Gasteiger partial charge is 0.480 e. The maximum Gasteiger partial charge on any atom is 0.251 e. The molecule has 2 aromatic rings. The third-order valence-corrected chi connectivity index (χ3v) is 4.74. The minimum Gasteiger partial charge on any atom is -0.480 e. The molecule has 1 heterocycles. The van der Waals surface area contributed by atoms with Crippen LogP contribution < -0.4 is 19.7 Å². The Balaban J connectivity index is 1.48. The molecule has 0 spiro atoms. The maximum absolute atomic E-state index is 12.4. The first-order valence-electron chi connectivity index (χ1n) is 9.16. The zero-order valence-electron chi connectivity index (χ0n) is 16.0. The van der Waals surface area contributed by atoms with E-state index in [1.54, 1.807) is 19.5 Å². The zero-order chi connectivity index (χ0) is 19.2. The Morgan fingerprint density at radius 3 is 2.37 bits per heavy atom. The highest BCUT2D eigenvalue weighted by Crippen LogP contribution is 2.24. The number of rotatable bonds is 6. The third-order valence-electron chi connectivity index (χ3n) is 4.74. The average Bonchev–Trinajstić information content (AvgIpc) is 2.69. The molecule has 3 rings (SSSR count). The Labute approximate surface area is 159 Å². The molecule has 1 N–H and O–H groups in total. The van der Waals surface area contributed by atoms with E-state index in [4.69, 9.17) is 9.47 Å². The van der Waals surface area contributed by atoms with Crippen LogP contribution in [0.15, 0.2) is 36.7 Å². The Bertz CT molecular complexity index is 756. The second-order valence-electron chi connectivity index (χ2n) is 6.91. The fourth-order valence-electron chi connectivity index (χ4n) is 3.16. The Morgan fingerprint density at radius 2 is 1.74 bits per heavy atom. The molecule has 7 heteroatoms. The van der Waals surface area contributed by atoms with Gasteiger partial charge >= 0.3 is 0 Å². The van der Waals surface area contributed by atoms with Gasteiger partial charge < -0.3 is 19.7 Å². The molecule has 1 amide bonds. The molecule has 1 aliphatic carbocycles. The van der Waals surface area contributed by atoms with Crippen LogP contribution in [-0.4, -0.2) is 49.2 Å². The molecule has 0 aliphatic heterocycles. The van der Waals surface area contributed by atoms with E-state index in [1.807, 2.05) is 43.3 Å². The number of methoxy groups -OCH3 is 1. The summed E-state index contributed by atoms with van der Waals surface area (Å²) in [4.78, 5) is 22.7. The van der Waals surface area contributed by atoms with Crippen LogP contribution in [0.2, 0.25) is 0 Å². The van der Waals surface area contributed by atoms with Gasteiger partial charge in [-0.15, -0.1) is 0 Å². The van der Waals surface area contributed by atoms with Crippen LogP contribution in [0.3, 0.4) is 0 Å². The molecule has 27 heavy (non-hydrogen) atoms. The van der Waals surface area contributed by atoms with Crippen molar-refractivity contribution in [3.63, 3.8) is 0 Å². The van der Waals surface area contributed by atoms with E-state index in [-0.39, 0.29) is 18.1 Å². The number of carbonyl (C=O) groups is 1. The molecule has 0 saturated heterocycles. The number of aromatic nitrogens is 2. The summed E-state index contributed by atoms with van der Waals surface area (Å²) in [5, 5.41) is 3.13. The lowest BCUT2D eigenvalue weighted by molar-refractivity contribution is 0.0889. The highest BCUT2D eigenvalue weighted by atomic mass is 16.5. The van der Waals surface area contributed by atoms with Crippen LogP contribution in [0.5, 0.6) is 11.8 Å². The highest BCUT2D eigenvalue weighted by Gasteiger charge is 2.24. The van der Waals surface area contributed by atoms with Crippen molar-refractivity contribution in [3.05, 3.63) is 42.2 Å². The van der Waals surface area contributed by atoms with Crippen molar-refractivity contribution in [2.24, 2.45) is 0 Å². The predicted molar refractivity (Wildman–Crippen MR) is 103 cm³/mol. The van der Waals surface area contributed by atoms with Crippen LogP contribution in [0, 0.1) is 0 Å². The summed E-state index contributed by atoms with van der Waals surface area (Å²) in [6.45, 7) is 0. The van der Waals surface area contributed by atoms with Gasteiger partial charge in [0.25, 0.3) is 5.91 Å². The predicted octanol–water partition coefficient (Wildman–Crippen LogP) is 2.67. The second-order valence-corrected chi connectivity index (χ2v) is 6.91. The molecule has 0 unspecified atom stereocenters. The molecular weight excluding hydrogens is 344 g/mol. The Hall–Kier alpha value is -2.83. The summed E-state index contributed by atoms with van der Waals surface area (Å²) in [6.07, 6.45) is 6.71. The summed E-state index contributed by atoms with van der Waals surface area (Å²) < 4.78 is 11.0. The quantitative estimate of drug-likeness (QED) is 0.842. The first kappa shape index (κ1) is 18.9. The van der Waals surface area contributed by atoms with Gasteiger partial charge in [0, 0.05) is 31.4 Å². The van der Waals surface area contributed by atoms with Crippen LogP contribution in [0.25, 0.3) is 0 Å². The van der Waals surface area contributed by atoms with Crippen molar-refractivity contribution in [3.8, 4) is 11.8 Å². The summed E-state index contributed by atoms with van der Waals surface area (Å²) in [7, 11) is 5.51. The minimum absolute atomic E-state index is 0.0247. The normalized spacial score (nSPS) is 19.2. The lowest BCUT2D eigenvalue weighted by Gasteiger charge is -2.29. The Kier molecular flexibility index (Phi) is 6.11. The summed E-state index contributed by atoms with van der Waals surface area (Å²) in [5.74, 6) is 0.889. The number of hydrogen-bond acceptors (Lipinski definition) is 6. The number of carbonyl (C=O) groups excluding carboxylic acids is 1. The standard InChI is InChI=1S/C20H26N4O3/c1-24(2)16-8-4-14(5-9-16)20(25)22-15-6-10-17(11-7-15)27-19-13-21-12-18(23-19)26-3/h4-5,8-9,12-13,15,17H,6-7,10-11H2,1-3H3,(H,22,25). The van der Waals surface area contributed by atoms with Gasteiger partial charge in [0.05, 0.1) is 19.5 Å². The van der Waals surface area contributed by atoms with Gasteiger partial charge in [0.1, 0.15) is 6.10 Å². The smallest absolute Gasteiger partial charge is 0.251 e. The number of nitrogens with zero attached hydrogens (tertiary/aromatic N) is 3. The van der Waals surface area contributed by atoms with Crippen LogP contribution in [0.1, 0.15) is 36.0 Å². The molecule has 0 radical (unpaired) electrons. The van der Waals surface area contributed by atoms with Gasteiger partial charge in [0.15, 0.2) is 0 Å². The lowest BCUT2D eigenvalue weighted by atomic mass is 9.92. The van der Waals surface area contributed by atoms with Gasteiger partial charge in [-0.2, -0.15) is 4.98 Å². The number of amides is 1. The summed E-state index contributed by atoms with van der Waals surface area (Å²) in [6, 6.07) is 7.80. The number of ether oxygens (including phenoxy) is 2. The molecule has 1 aromatic heterocycles. The monoisotopic (exact) mass is 370 g/mol. The van der Waals surface area contributed by atoms with Crippen LogP contribution >= 0.6 is 0 Å². The first-order valence-corrected chi connectivity index (χ1v) is 9.16. The first-order chi connectivity index (χ1) is 13.0. The van der Waals surface area contributed by atoms with E-state index >= 15 is 0 Å². The number of hydrogen-bond donors (Lipinski definition) is 1. The van der Waals surface area contributed by atoms with E-state index in [0.717, 1.165) is 31.4 Å². The molecular formula is C20H26N4O3. The number of nitrogens with one attached hydrogen (secondary N) is 1. The zero-order valence-corrected chi connectivity index (χ0v) is 16.0. The van der Waals surface area contributed by atoms with Crippen molar-refractivity contribution in [1.82, 2.24) is 15.3 Å². The van der Waals surface area contributed by atoms with E-state index < -0.39 is 0 Å². The van der Waals surface area contributed by atoms with E-state index in [9.17, 15) is 4.79 Å². The topological polar surface area (TPSA) is 76.6 Å². The maximum atomic E-state index is 12.4. The molecule has 1 aliphatic rings. The van der Waals surface area contributed by atoms with Gasteiger partial charge in [0.2, 0.25) is 11.8 Å². The van der Waals surface area contributed by atoms with Gasteiger partial charge in [-0.25, -0.2) is 0 Å². The van der Waals surface area contributed by atoms with Crippen LogP contribution in [-0.2, 0) is 0 Å². The van der Waals surface area contributed by atoms with Crippen molar-refractivity contribution >= 4 is 11.6 Å². The van der Waals surface area contributed by atoms with E-state index in [0.29, 0.717) is 17.3 Å². The fourth-order valence-corrected chi connectivity index (χ4v) is 3.16. The van der Waals surface area contributed by atoms with Gasteiger partial charge in [-0.05, 0) is 49.9 Å². The molecule has 144 valence electrons. The van der Waals surface area contributed by atoms with Gasteiger partial charge in [-0.1, -0.05) is 0 Å². The number of anilines is 1. The van der Waals surface area contributed by atoms with Crippen molar-refractivity contribution in [2.45, 2.75) is 37.8 Å². The van der Waals surface area contributed by atoms with Gasteiger partial charge in [-0.3, -0.25) is 9.78 Å². The average molecular weight is 370 g/mol. The molecule has 1 fully saturated rings. The van der Waals surface area contributed by atoms with E-state index in [2.05, 4.69) is 15.3 Å². The van der Waals surface area contributed by atoms with Crippen LogP contribution in [0.4, 0.5) is 5.69 Å². The van der Waals surface area contributed by atoms with Crippen molar-refractivity contribution in [2.75, 3.05) is 26.1 Å². The van der Waals surface area contributed by atoms with E-state index in [1.165, 1.54) is 0 Å². The number of benzene rings is 1. The molecule has 1 aromatic carbocycles. The summed E-state index contributed by atoms with van der Waals surface area (Å²) >= 11 is 0. The van der Waals surface area contributed by atoms with Crippen molar-refractivity contribution < 1.29 is 14.3 Å². The second kappa shape index (κ2) is 8.70.